The molecule has 31 heavy (non-hydrogen) atoms. The van der Waals surface area contributed by atoms with Crippen molar-refractivity contribution in [2.24, 2.45) is 10.8 Å². The van der Waals surface area contributed by atoms with Crippen molar-refractivity contribution in [1.29, 1.82) is 0 Å². The van der Waals surface area contributed by atoms with Gasteiger partial charge in [-0.1, -0.05) is 60.1 Å². The first-order valence-corrected chi connectivity index (χ1v) is 10.2. The monoisotopic (exact) mass is 496 g/mol. The van der Waals surface area contributed by atoms with Crippen LogP contribution in [-0.2, 0) is 6.18 Å². The Labute approximate surface area is 185 Å². The number of aliphatic imine (C=N–C) groups is 1. The van der Waals surface area contributed by atoms with Crippen molar-refractivity contribution in [1.82, 2.24) is 5.01 Å². The lowest BCUT2D eigenvalue weighted by molar-refractivity contribution is -0.415. The number of nitro groups is 1. The number of hydrazine groups is 1. The normalized spacial score (nSPS) is 17.3. The minimum atomic E-state index is -4.72. The molecule has 0 bridgehead atoms. The van der Waals surface area contributed by atoms with Crippen molar-refractivity contribution in [2.45, 2.75) is 39.0 Å². The number of hydrogen-bond donors (Lipinski definition) is 1. The summed E-state index contributed by atoms with van der Waals surface area (Å²) in [5, 5.41) is 13.0. The van der Waals surface area contributed by atoms with Crippen LogP contribution in [0.25, 0.3) is 5.70 Å². The van der Waals surface area contributed by atoms with Crippen LogP contribution in [0.15, 0.2) is 57.6 Å². The molecule has 2 aromatic carbocycles. The molecule has 3 rings (SSSR count). The first-order chi connectivity index (χ1) is 14.4. The van der Waals surface area contributed by atoms with Gasteiger partial charge in [0.05, 0.1) is 10.5 Å². The van der Waals surface area contributed by atoms with Gasteiger partial charge >= 0.3 is 11.9 Å². The summed E-state index contributed by atoms with van der Waals surface area (Å²) in [6, 6.07) is 9.96. The molecule has 0 radical (unpaired) electrons. The zero-order valence-electron chi connectivity index (χ0n) is 16.9. The van der Waals surface area contributed by atoms with Gasteiger partial charge in [0.1, 0.15) is 17.6 Å². The summed E-state index contributed by atoms with van der Waals surface area (Å²) in [5.74, 6) is 6.24. The average molecular weight is 497 g/mol. The van der Waals surface area contributed by atoms with Crippen LogP contribution < -0.4 is 5.84 Å². The molecule has 1 aliphatic rings. The molecule has 0 fully saturated rings. The molecule has 164 valence electrons. The van der Waals surface area contributed by atoms with E-state index in [-0.39, 0.29) is 22.9 Å². The molecule has 0 aromatic heterocycles. The molecule has 0 saturated carbocycles. The highest BCUT2D eigenvalue weighted by Gasteiger charge is 2.41. The maximum atomic E-state index is 13.7. The SMILES string of the molecule is CC(C)c1ccc(C2=NC(C)N(N)C(c3ccccc3C(F)(F)F)=C2[N+](=O)[O-])c(Br)c1. The average Bonchev–Trinajstić information content (AvgIpc) is 2.68. The number of hydrogen-bond acceptors (Lipinski definition) is 5. The Hall–Kier alpha value is -2.72. The van der Waals surface area contributed by atoms with Crippen LogP contribution in [0, 0.1) is 10.1 Å². The van der Waals surface area contributed by atoms with Crippen molar-refractivity contribution in [2.75, 3.05) is 0 Å². The Bertz CT molecular complexity index is 1100. The molecule has 1 atom stereocenters. The van der Waals surface area contributed by atoms with Gasteiger partial charge in [0.25, 0.3) is 0 Å². The highest BCUT2D eigenvalue weighted by Crippen LogP contribution is 2.39. The number of allylic oxidation sites excluding steroid dienone is 1. The molecule has 2 N–H and O–H groups in total. The van der Waals surface area contributed by atoms with Gasteiger partial charge in [-0.05, 0) is 30.5 Å². The molecule has 0 aliphatic carbocycles. The number of nitrogens with two attached hydrogens (primary N) is 1. The van der Waals surface area contributed by atoms with E-state index in [4.69, 9.17) is 5.84 Å². The van der Waals surface area contributed by atoms with Crippen LogP contribution in [0.4, 0.5) is 13.2 Å². The van der Waals surface area contributed by atoms with E-state index in [1.807, 2.05) is 26.0 Å². The Morgan fingerprint density at radius 1 is 1.19 bits per heavy atom. The predicted octanol–water partition coefficient (Wildman–Crippen LogP) is 5.56. The zero-order chi connectivity index (χ0) is 23.1. The lowest BCUT2D eigenvalue weighted by Gasteiger charge is -2.31. The van der Waals surface area contributed by atoms with Gasteiger partial charge < -0.3 is 0 Å². The van der Waals surface area contributed by atoms with Crippen molar-refractivity contribution in [3.63, 3.8) is 0 Å². The Morgan fingerprint density at radius 2 is 1.84 bits per heavy atom. The van der Waals surface area contributed by atoms with Crippen LogP contribution in [0.1, 0.15) is 48.9 Å². The first-order valence-electron chi connectivity index (χ1n) is 9.40. The van der Waals surface area contributed by atoms with Gasteiger partial charge in [-0.3, -0.25) is 20.1 Å². The van der Waals surface area contributed by atoms with Crippen molar-refractivity contribution in [3.05, 3.63) is 85.0 Å². The molecular weight excluding hydrogens is 477 g/mol. The summed E-state index contributed by atoms with van der Waals surface area (Å²) < 4.78 is 41.6. The summed E-state index contributed by atoms with van der Waals surface area (Å²) >= 11 is 3.43. The van der Waals surface area contributed by atoms with E-state index in [1.165, 1.54) is 18.2 Å². The summed E-state index contributed by atoms with van der Waals surface area (Å²) in [4.78, 5) is 15.7. The van der Waals surface area contributed by atoms with Gasteiger partial charge in [-0.2, -0.15) is 13.2 Å². The van der Waals surface area contributed by atoms with Crippen molar-refractivity contribution >= 4 is 27.3 Å². The maximum absolute atomic E-state index is 13.7. The fourth-order valence-corrected chi connectivity index (χ4v) is 3.97. The summed E-state index contributed by atoms with van der Waals surface area (Å²) in [6.07, 6.45) is -5.55. The number of halogens is 4. The van der Waals surface area contributed by atoms with Gasteiger partial charge in [-0.25, -0.2) is 5.84 Å². The van der Waals surface area contributed by atoms with Crippen molar-refractivity contribution in [3.8, 4) is 0 Å². The van der Waals surface area contributed by atoms with Gasteiger partial charge in [0.2, 0.25) is 0 Å². The highest BCUT2D eigenvalue weighted by molar-refractivity contribution is 9.10. The largest absolute Gasteiger partial charge is 0.417 e. The van der Waals surface area contributed by atoms with Crippen LogP contribution >= 0.6 is 15.9 Å². The maximum Gasteiger partial charge on any atom is 0.417 e. The zero-order valence-corrected chi connectivity index (χ0v) is 18.5. The Kier molecular flexibility index (Phi) is 6.24. The lowest BCUT2D eigenvalue weighted by atomic mass is 9.95. The second kappa shape index (κ2) is 8.43. The Balaban J connectivity index is 2.33. The van der Waals surface area contributed by atoms with E-state index in [9.17, 15) is 23.3 Å². The fourth-order valence-electron chi connectivity index (χ4n) is 3.39. The molecule has 10 heteroatoms. The fraction of sp³-hybridized carbons (Fsp3) is 0.286. The number of rotatable bonds is 4. The second-order valence-electron chi connectivity index (χ2n) is 7.41. The summed E-state index contributed by atoms with van der Waals surface area (Å²) in [6.45, 7) is 5.56. The molecule has 0 spiro atoms. The quantitative estimate of drug-likeness (QED) is 0.341. The van der Waals surface area contributed by atoms with Crippen LogP contribution in [0.5, 0.6) is 0 Å². The first kappa shape index (κ1) is 23.0. The number of alkyl halides is 3. The second-order valence-corrected chi connectivity index (χ2v) is 8.26. The van der Waals surface area contributed by atoms with E-state index in [0.29, 0.717) is 10.0 Å². The lowest BCUT2D eigenvalue weighted by Crippen LogP contribution is -2.43. The molecule has 0 saturated heterocycles. The molecule has 6 nitrogen and oxygen atoms in total. The number of nitrogens with zero attached hydrogens (tertiary/aromatic N) is 3. The molecule has 1 heterocycles. The third kappa shape index (κ3) is 4.35. The summed E-state index contributed by atoms with van der Waals surface area (Å²) in [5.41, 5.74) is -0.951. The molecule has 2 aromatic rings. The van der Waals surface area contributed by atoms with E-state index >= 15 is 0 Å². The van der Waals surface area contributed by atoms with Crippen LogP contribution in [-0.4, -0.2) is 21.8 Å². The van der Waals surface area contributed by atoms with E-state index < -0.39 is 28.5 Å². The topological polar surface area (TPSA) is 84.8 Å². The van der Waals surface area contributed by atoms with Gasteiger partial charge in [0, 0.05) is 15.6 Å². The Morgan fingerprint density at radius 3 is 2.39 bits per heavy atom. The molecule has 1 unspecified atom stereocenters. The third-order valence-corrected chi connectivity index (χ3v) is 5.67. The molecular formula is C21H20BrF3N4O2. The van der Waals surface area contributed by atoms with E-state index in [2.05, 4.69) is 20.9 Å². The molecule has 1 aliphatic heterocycles. The summed E-state index contributed by atoms with van der Waals surface area (Å²) in [7, 11) is 0. The van der Waals surface area contributed by atoms with Gasteiger partial charge in [0.15, 0.2) is 0 Å². The highest BCUT2D eigenvalue weighted by atomic mass is 79.9. The smallest absolute Gasteiger partial charge is 0.280 e. The van der Waals surface area contributed by atoms with Crippen LogP contribution in [0.3, 0.4) is 0 Å². The van der Waals surface area contributed by atoms with Gasteiger partial charge in [-0.15, -0.1) is 0 Å². The minimum Gasteiger partial charge on any atom is -0.280 e. The van der Waals surface area contributed by atoms with Crippen molar-refractivity contribution < 1.29 is 18.1 Å². The number of benzene rings is 2. The predicted molar refractivity (Wildman–Crippen MR) is 116 cm³/mol. The standard InChI is InChI=1S/C21H20BrF3N4O2/c1-11(2)13-8-9-15(17(22)10-13)18-20(29(30)31)19(28(26)12(3)27-18)14-6-4-5-7-16(14)21(23,24)25/h4-12H,26H2,1-3H3. The van der Waals surface area contributed by atoms with Crippen LogP contribution in [0.2, 0.25) is 0 Å². The van der Waals surface area contributed by atoms with E-state index in [1.54, 1.807) is 13.0 Å². The molecule has 0 amide bonds. The minimum absolute atomic E-state index is 0.0339. The van der Waals surface area contributed by atoms with E-state index in [0.717, 1.165) is 16.6 Å². The third-order valence-electron chi connectivity index (χ3n) is 5.01.